The van der Waals surface area contributed by atoms with Crippen LogP contribution in [0.2, 0.25) is 10.0 Å². The zero-order chi connectivity index (χ0) is 18.4. The van der Waals surface area contributed by atoms with Gasteiger partial charge < -0.3 is 5.11 Å². The molecule has 0 saturated heterocycles. The number of halogens is 2. The molecule has 0 aliphatic rings. The van der Waals surface area contributed by atoms with Gasteiger partial charge in [0, 0.05) is 24.5 Å². The molecule has 134 valence electrons. The van der Waals surface area contributed by atoms with Gasteiger partial charge in [-0.2, -0.15) is 4.31 Å². The molecule has 0 radical (unpaired) electrons. The topological polar surface area (TPSA) is 74.7 Å². The number of sulfonamides is 1. The van der Waals surface area contributed by atoms with Crippen molar-refractivity contribution < 1.29 is 18.3 Å². The van der Waals surface area contributed by atoms with Crippen LogP contribution in [-0.4, -0.2) is 30.3 Å². The maximum absolute atomic E-state index is 13.0. The minimum absolute atomic E-state index is 0.0619. The van der Waals surface area contributed by atoms with Gasteiger partial charge in [-0.05, 0) is 30.2 Å². The summed E-state index contributed by atoms with van der Waals surface area (Å²) >= 11 is 12.0. The lowest BCUT2D eigenvalue weighted by Crippen LogP contribution is -2.32. The molecule has 0 aromatic heterocycles. The van der Waals surface area contributed by atoms with Gasteiger partial charge in [0.15, 0.2) is 0 Å². The van der Waals surface area contributed by atoms with Crippen molar-refractivity contribution in [3.8, 4) is 0 Å². The summed E-state index contributed by atoms with van der Waals surface area (Å²) in [6.45, 7) is 0.179. The number of rotatable bonds is 8. The summed E-state index contributed by atoms with van der Waals surface area (Å²) in [5.41, 5.74) is 0.791. The van der Waals surface area contributed by atoms with Crippen molar-refractivity contribution in [2.75, 3.05) is 6.54 Å². The second-order valence-corrected chi connectivity index (χ2v) is 8.15. The van der Waals surface area contributed by atoms with Crippen LogP contribution >= 0.6 is 23.2 Å². The molecule has 25 heavy (non-hydrogen) atoms. The Bertz CT molecular complexity index is 841. The maximum Gasteiger partial charge on any atom is 0.303 e. The van der Waals surface area contributed by atoms with Gasteiger partial charge in [0.05, 0.1) is 5.02 Å². The highest BCUT2D eigenvalue weighted by molar-refractivity contribution is 7.89. The molecule has 0 unspecified atom stereocenters. The van der Waals surface area contributed by atoms with Gasteiger partial charge in [-0.1, -0.05) is 53.5 Å². The van der Waals surface area contributed by atoms with Gasteiger partial charge in [0.25, 0.3) is 0 Å². The minimum Gasteiger partial charge on any atom is -0.481 e. The van der Waals surface area contributed by atoms with Crippen molar-refractivity contribution in [3.63, 3.8) is 0 Å². The third-order valence-electron chi connectivity index (χ3n) is 3.51. The van der Waals surface area contributed by atoms with Gasteiger partial charge in [0.1, 0.15) is 4.90 Å². The molecule has 0 amide bonds. The van der Waals surface area contributed by atoms with Crippen molar-refractivity contribution in [1.29, 1.82) is 0 Å². The van der Waals surface area contributed by atoms with Crippen LogP contribution in [0.1, 0.15) is 18.4 Å². The molecule has 0 bridgehead atoms. The quantitative estimate of drug-likeness (QED) is 0.723. The average molecular weight is 402 g/mol. The Balaban J connectivity index is 2.34. The van der Waals surface area contributed by atoms with Crippen LogP contribution in [0.15, 0.2) is 53.4 Å². The standard InChI is InChI=1S/C17H17Cl2NO4S/c18-14-8-9-15(19)16(11-14)25(23,24)20(10-4-7-17(21)22)12-13-5-2-1-3-6-13/h1-3,5-6,8-9,11H,4,7,10,12H2,(H,21,22). The number of hydrogen-bond donors (Lipinski definition) is 1. The van der Waals surface area contributed by atoms with Gasteiger partial charge >= 0.3 is 5.97 Å². The average Bonchev–Trinajstić information content (AvgIpc) is 2.56. The van der Waals surface area contributed by atoms with Gasteiger partial charge in [-0.15, -0.1) is 0 Å². The number of carboxylic acids is 1. The first-order valence-corrected chi connectivity index (χ1v) is 9.71. The van der Waals surface area contributed by atoms with Crippen LogP contribution in [0.5, 0.6) is 0 Å². The van der Waals surface area contributed by atoms with E-state index in [4.69, 9.17) is 28.3 Å². The fourth-order valence-electron chi connectivity index (χ4n) is 2.29. The summed E-state index contributed by atoms with van der Waals surface area (Å²) in [5.74, 6) is -0.974. The van der Waals surface area contributed by atoms with Crippen molar-refractivity contribution in [2.24, 2.45) is 0 Å². The van der Waals surface area contributed by atoms with E-state index in [9.17, 15) is 13.2 Å². The molecule has 0 aliphatic heterocycles. The molecule has 0 heterocycles. The van der Waals surface area contributed by atoms with Crippen molar-refractivity contribution in [2.45, 2.75) is 24.3 Å². The molecule has 8 heteroatoms. The Morgan fingerprint density at radius 1 is 1.08 bits per heavy atom. The Hall–Kier alpha value is -1.60. The normalized spacial score (nSPS) is 11.6. The summed E-state index contributed by atoms with van der Waals surface area (Å²) in [6, 6.07) is 13.3. The molecule has 2 aromatic rings. The fourth-order valence-corrected chi connectivity index (χ4v) is 4.50. The maximum atomic E-state index is 13.0. The molecule has 0 atom stereocenters. The summed E-state index contributed by atoms with van der Waals surface area (Å²) in [6.07, 6.45) is 0.0731. The predicted octanol–water partition coefficient (Wildman–Crippen LogP) is 4.05. The van der Waals surface area contributed by atoms with E-state index in [1.165, 1.54) is 22.5 Å². The van der Waals surface area contributed by atoms with Crippen LogP contribution in [0, 0.1) is 0 Å². The molecule has 0 fully saturated rings. The molecular weight excluding hydrogens is 385 g/mol. The Morgan fingerprint density at radius 3 is 2.40 bits per heavy atom. The molecule has 0 spiro atoms. The SMILES string of the molecule is O=C(O)CCCN(Cc1ccccc1)S(=O)(=O)c1cc(Cl)ccc1Cl. The lowest BCUT2D eigenvalue weighted by atomic mass is 10.2. The first-order valence-electron chi connectivity index (χ1n) is 7.51. The third-order valence-corrected chi connectivity index (χ3v) is 6.07. The molecule has 1 N–H and O–H groups in total. The van der Waals surface area contributed by atoms with Gasteiger partial charge in [-0.3, -0.25) is 4.79 Å². The van der Waals surface area contributed by atoms with Crippen molar-refractivity contribution >= 4 is 39.2 Å². The van der Waals surface area contributed by atoms with E-state index in [0.29, 0.717) is 0 Å². The molecular formula is C17H17Cl2NO4S. The monoisotopic (exact) mass is 401 g/mol. The number of carbonyl (C=O) groups is 1. The highest BCUT2D eigenvalue weighted by Gasteiger charge is 2.27. The highest BCUT2D eigenvalue weighted by atomic mass is 35.5. The summed E-state index contributed by atoms with van der Waals surface area (Å²) in [5, 5.41) is 9.14. The molecule has 0 aliphatic carbocycles. The highest BCUT2D eigenvalue weighted by Crippen LogP contribution is 2.28. The number of benzene rings is 2. The largest absolute Gasteiger partial charge is 0.481 e. The Morgan fingerprint density at radius 2 is 1.76 bits per heavy atom. The zero-order valence-electron chi connectivity index (χ0n) is 13.2. The van der Waals surface area contributed by atoms with E-state index in [-0.39, 0.29) is 40.9 Å². The van der Waals surface area contributed by atoms with Crippen molar-refractivity contribution in [1.82, 2.24) is 4.31 Å². The second-order valence-electron chi connectivity index (χ2n) is 5.40. The van der Waals surface area contributed by atoms with E-state index >= 15 is 0 Å². The molecule has 5 nitrogen and oxygen atoms in total. The lowest BCUT2D eigenvalue weighted by Gasteiger charge is -2.23. The first-order chi connectivity index (χ1) is 11.8. The van der Waals surface area contributed by atoms with E-state index in [0.717, 1.165) is 5.56 Å². The smallest absolute Gasteiger partial charge is 0.303 e. The molecule has 2 aromatic carbocycles. The van der Waals surface area contributed by atoms with Gasteiger partial charge in [0.2, 0.25) is 10.0 Å². The molecule has 0 saturated carbocycles. The predicted molar refractivity (Wildman–Crippen MR) is 97.4 cm³/mol. The molecule has 2 rings (SSSR count). The number of hydrogen-bond acceptors (Lipinski definition) is 3. The fraction of sp³-hybridized carbons (Fsp3) is 0.235. The zero-order valence-corrected chi connectivity index (χ0v) is 15.6. The van der Waals surface area contributed by atoms with E-state index in [2.05, 4.69) is 0 Å². The number of carboxylic acid groups (broad SMARTS) is 1. The van der Waals surface area contributed by atoms with Gasteiger partial charge in [-0.25, -0.2) is 8.42 Å². The minimum atomic E-state index is -3.93. The third kappa shape index (κ3) is 5.44. The number of aliphatic carboxylic acids is 1. The Kier molecular flexibility index (Phi) is 6.84. The van der Waals surface area contributed by atoms with Crippen LogP contribution < -0.4 is 0 Å². The summed E-state index contributed by atoms with van der Waals surface area (Å²) in [7, 11) is -3.93. The van der Waals surface area contributed by atoms with E-state index in [1.807, 2.05) is 18.2 Å². The van der Waals surface area contributed by atoms with E-state index < -0.39 is 16.0 Å². The van der Waals surface area contributed by atoms with E-state index in [1.54, 1.807) is 12.1 Å². The lowest BCUT2D eigenvalue weighted by molar-refractivity contribution is -0.137. The Labute approximate surface area is 156 Å². The second kappa shape index (κ2) is 8.67. The summed E-state index contributed by atoms with van der Waals surface area (Å²) < 4.78 is 27.3. The van der Waals surface area contributed by atoms with Crippen LogP contribution in [0.3, 0.4) is 0 Å². The van der Waals surface area contributed by atoms with Crippen LogP contribution in [0.25, 0.3) is 0 Å². The van der Waals surface area contributed by atoms with Crippen molar-refractivity contribution in [3.05, 3.63) is 64.1 Å². The van der Waals surface area contributed by atoms with Crippen LogP contribution in [0.4, 0.5) is 0 Å². The summed E-state index contributed by atoms with van der Waals surface area (Å²) in [4.78, 5) is 10.7. The van der Waals surface area contributed by atoms with Crippen LogP contribution in [-0.2, 0) is 21.4 Å². The first kappa shape index (κ1) is 19.7. The number of nitrogens with zero attached hydrogens (tertiary/aromatic N) is 1.